The molecular formula is C25H19ClN4O3. The fourth-order valence-electron chi connectivity index (χ4n) is 3.75. The summed E-state index contributed by atoms with van der Waals surface area (Å²) in [4.78, 5) is 31.1. The number of rotatable bonds is 5. The molecule has 0 radical (unpaired) electrons. The van der Waals surface area contributed by atoms with Crippen LogP contribution >= 0.6 is 11.6 Å². The molecule has 0 saturated heterocycles. The van der Waals surface area contributed by atoms with Gasteiger partial charge in [-0.25, -0.2) is 9.36 Å². The molecule has 0 bridgehead atoms. The maximum absolute atomic E-state index is 13.5. The van der Waals surface area contributed by atoms with Gasteiger partial charge in [0.05, 0.1) is 16.6 Å². The van der Waals surface area contributed by atoms with Gasteiger partial charge in [-0.1, -0.05) is 47.9 Å². The third kappa shape index (κ3) is 3.87. The van der Waals surface area contributed by atoms with Gasteiger partial charge < -0.3 is 4.52 Å². The highest BCUT2D eigenvalue weighted by molar-refractivity contribution is 6.30. The zero-order valence-electron chi connectivity index (χ0n) is 17.7. The van der Waals surface area contributed by atoms with Crippen molar-refractivity contribution >= 4 is 22.5 Å². The molecule has 33 heavy (non-hydrogen) atoms. The number of hydrogen-bond donors (Lipinski definition) is 0. The van der Waals surface area contributed by atoms with E-state index in [2.05, 4.69) is 10.1 Å². The zero-order valence-corrected chi connectivity index (χ0v) is 18.5. The second-order valence-electron chi connectivity index (χ2n) is 7.57. The van der Waals surface area contributed by atoms with Gasteiger partial charge in [0, 0.05) is 10.6 Å². The summed E-state index contributed by atoms with van der Waals surface area (Å²) in [5.41, 5.74) is 2.02. The van der Waals surface area contributed by atoms with E-state index in [1.807, 2.05) is 19.1 Å². The monoisotopic (exact) mass is 458 g/mol. The highest BCUT2D eigenvalue weighted by Crippen LogP contribution is 2.19. The Bertz CT molecular complexity index is 1570. The van der Waals surface area contributed by atoms with Crippen LogP contribution in [0.2, 0.25) is 5.02 Å². The molecule has 0 unspecified atom stereocenters. The summed E-state index contributed by atoms with van der Waals surface area (Å²) in [6, 6.07) is 21.5. The molecule has 0 N–H and O–H groups in total. The lowest BCUT2D eigenvalue weighted by Gasteiger charge is -2.13. The van der Waals surface area contributed by atoms with Crippen molar-refractivity contribution in [1.29, 1.82) is 0 Å². The van der Waals surface area contributed by atoms with Crippen LogP contribution in [0.4, 0.5) is 0 Å². The maximum Gasteiger partial charge on any atom is 0.336 e. The zero-order chi connectivity index (χ0) is 22.9. The van der Waals surface area contributed by atoms with Crippen LogP contribution in [-0.2, 0) is 13.0 Å². The minimum absolute atomic E-state index is 0.0211. The van der Waals surface area contributed by atoms with Crippen molar-refractivity contribution in [2.45, 2.75) is 19.9 Å². The van der Waals surface area contributed by atoms with E-state index in [9.17, 15) is 9.59 Å². The van der Waals surface area contributed by atoms with Crippen LogP contribution in [0.25, 0.3) is 28.0 Å². The Morgan fingerprint density at radius 3 is 2.39 bits per heavy atom. The third-order valence-corrected chi connectivity index (χ3v) is 5.77. The van der Waals surface area contributed by atoms with Crippen molar-refractivity contribution in [3.05, 3.63) is 110 Å². The minimum atomic E-state index is -0.478. The Hall–Kier alpha value is -3.97. The van der Waals surface area contributed by atoms with Crippen molar-refractivity contribution in [2.75, 3.05) is 0 Å². The molecule has 0 aliphatic carbocycles. The number of aromatic nitrogens is 4. The average molecular weight is 459 g/mol. The predicted octanol–water partition coefficient (Wildman–Crippen LogP) is 4.47. The lowest BCUT2D eigenvalue weighted by molar-refractivity contribution is 0.370. The second kappa shape index (κ2) is 8.52. The Balaban J connectivity index is 1.63. The standard InChI is InChI=1S/C25H19ClN4O3/c1-2-16-7-13-19(14-8-16)30-24(31)20-5-3-4-6-21(20)29(25(30)32)15-22-27-23(28-33-22)17-9-11-18(26)12-10-17/h3-14H,2,15H2,1H3. The highest BCUT2D eigenvalue weighted by atomic mass is 35.5. The molecular weight excluding hydrogens is 440 g/mol. The molecule has 0 aliphatic rings. The van der Waals surface area contributed by atoms with Crippen molar-refractivity contribution in [3.8, 4) is 17.1 Å². The van der Waals surface area contributed by atoms with Crippen LogP contribution in [0.15, 0.2) is 86.9 Å². The topological polar surface area (TPSA) is 82.9 Å². The SMILES string of the molecule is CCc1ccc(-n2c(=O)c3ccccc3n(Cc3nc(-c4ccc(Cl)cc4)no3)c2=O)cc1. The Labute approximate surface area is 193 Å². The van der Waals surface area contributed by atoms with Crippen LogP contribution in [0.3, 0.4) is 0 Å². The molecule has 0 aliphatic heterocycles. The predicted molar refractivity (Wildman–Crippen MR) is 127 cm³/mol. The fraction of sp³-hybridized carbons (Fsp3) is 0.120. The number of aryl methyl sites for hydroxylation is 1. The van der Waals surface area contributed by atoms with E-state index in [1.165, 1.54) is 9.13 Å². The number of para-hydroxylation sites is 1. The number of halogens is 1. The molecule has 0 spiro atoms. The molecule has 3 aromatic carbocycles. The molecule has 8 heteroatoms. The summed E-state index contributed by atoms with van der Waals surface area (Å²) < 4.78 is 8.08. The molecule has 5 rings (SSSR count). The van der Waals surface area contributed by atoms with Gasteiger partial charge in [0.15, 0.2) is 0 Å². The molecule has 7 nitrogen and oxygen atoms in total. The van der Waals surface area contributed by atoms with Crippen LogP contribution in [0, 0.1) is 0 Å². The third-order valence-electron chi connectivity index (χ3n) is 5.52. The highest BCUT2D eigenvalue weighted by Gasteiger charge is 2.17. The molecule has 0 atom stereocenters. The van der Waals surface area contributed by atoms with Crippen LogP contribution in [-0.4, -0.2) is 19.3 Å². The van der Waals surface area contributed by atoms with Crippen molar-refractivity contribution in [1.82, 2.24) is 19.3 Å². The summed E-state index contributed by atoms with van der Waals surface area (Å²) in [7, 11) is 0. The van der Waals surface area contributed by atoms with Gasteiger partial charge in [-0.3, -0.25) is 9.36 Å². The largest absolute Gasteiger partial charge is 0.337 e. The lowest BCUT2D eigenvalue weighted by Crippen LogP contribution is -2.39. The Kier molecular flexibility index (Phi) is 5.40. The lowest BCUT2D eigenvalue weighted by atomic mass is 10.1. The Morgan fingerprint density at radius 1 is 0.939 bits per heavy atom. The Morgan fingerprint density at radius 2 is 1.67 bits per heavy atom. The van der Waals surface area contributed by atoms with E-state index in [0.717, 1.165) is 17.5 Å². The molecule has 0 saturated carbocycles. The first-order chi connectivity index (χ1) is 16.0. The number of benzene rings is 3. The average Bonchev–Trinajstić information content (AvgIpc) is 3.31. The van der Waals surface area contributed by atoms with E-state index >= 15 is 0 Å². The van der Waals surface area contributed by atoms with Crippen LogP contribution in [0.1, 0.15) is 18.4 Å². The molecule has 5 aromatic rings. The van der Waals surface area contributed by atoms with Crippen molar-refractivity contribution in [3.63, 3.8) is 0 Å². The summed E-state index contributed by atoms with van der Waals surface area (Å²) in [6.07, 6.45) is 0.865. The number of fused-ring (bicyclic) bond motifs is 1. The van der Waals surface area contributed by atoms with Gasteiger partial charge in [-0.2, -0.15) is 4.98 Å². The first-order valence-corrected chi connectivity index (χ1v) is 10.9. The van der Waals surface area contributed by atoms with Gasteiger partial charge in [0.2, 0.25) is 11.7 Å². The molecule has 2 aromatic heterocycles. The summed E-state index contributed by atoms with van der Waals surface area (Å²) >= 11 is 5.95. The van der Waals surface area contributed by atoms with Gasteiger partial charge in [-0.05, 0) is 60.5 Å². The first kappa shape index (κ1) is 20.9. The van der Waals surface area contributed by atoms with E-state index in [-0.39, 0.29) is 18.0 Å². The van der Waals surface area contributed by atoms with E-state index < -0.39 is 5.69 Å². The van der Waals surface area contributed by atoms with Crippen LogP contribution in [0.5, 0.6) is 0 Å². The van der Waals surface area contributed by atoms with Crippen LogP contribution < -0.4 is 11.2 Å². The molecule has 2 heterocycles. The normalized spacial score (nSPS) is 11.2. The fourth-order valence-corrected chi connectivity index (χ4v) is 3.88. The van der Waals surface area contributed by atoms with Gasteiger partial charge >= 0.3 is 5.69 Å². The van der Waals surface area contributed by atoms with Crippen molar-refractivity contribution < 1.29 is 4.52 Å². The van der Waals surface area contributed by atoms with Gasteiger partial charge in [0.1, 0.15) is 6.54 Å². The van der Waals surface area contributed by atoms with E-state index in [1.54, 1.807) is 60.7 Å². The molecule has 0 fully saturated rings. The number of hydrogen-bond acceptors (Lipinski definition) is 5. The minimum Gasteiger partial charge on any atom is -0.337 e. The summed E-state index contributed by atoms with van der Waals surface area (Å²) in [5.74, 6) is 0.640. The van der Waals surface area contributed by atoms with Crippen molar-refractivity contribution in [2.24, 2.45) is 0 Å². The second-order valence-corrected chi connectivity index (χ2v) is 8.00. The molecule has 164 valence electrons. The smallest absolute Gasteiger partial charge is 0.336 e. The van der Waals surface area contributed by atoms with E-state index in [0.29, 0.717) is 27.4 Å². The maximum atomic E-state index is 13.5. The summed E-state index contributed by atoms with van der Waals surface area (Å²) in [6.45, 7) is 2.07. The molecule has 0 amide bonds. The first-order valence-electron chi connectivity index (χ1n) is 10.5. The van der Waals surface area contributed by atoms with Gasteiger partial charge in [0.25, 0.3) is 5.56 Å². The quantitative estimate of drug-likeness (QED) is 0.388. The number of nitrogens with zero attached hydrogens (tertiary/aromatic N) is 4. The summed E-state index contributed by atoms with van der Waals surface area (Å²) in [5, 5.41) is 5.06. The van der Waals surface area contributed by atoms with E-state index in [4.69, 9.17) is 16.1 Å². The van der Waals surface area contributed by atoms with Gasteiger partial charge in [-0.15, -0.1) is 0 Å².